The van der Waals surface area contributed by atoms with Gasteiger partial charge in [-0.05, 0) is 43.7 Å². The third-order valence-corrected chi connectivity index (χ3v) is 3.71. The average molecular weight is 308 g/mol. The van der Waals surface area contributed by atoms with Gasteiger partial charge in [0.05, 0.1) is 6.54 Å². The third kappa shape index (κ3) is 3.69. The summed E-state index contributed by atoms with van der Waals surface area (Å²) in [6, 6.07) is 5.93. The van der Waals surface area contributed by atoms with E-state index in [4.69, 9.17) is 0 Å². The Morgan fingerprint density at radius 3 is 2.59 bits per heavy atom. The Kier molecular flexibility index (Phi) is 4.59. The molecule has 4 nitrogen and oxygen atoms in total. The zero-order valence-corrected chi connectivity index (χ0v) is 12.3. The summed E-state index contributed by atoms with van der Waals surface area (Å²) < 4.78 is 27.0. The lowest BCUT2D eigenvalue weighted by Crippen LogP contribution is -2.50. The molecule has 1 aromatic rings. The minimum absolute atomic E-state index is 0.190. The van der Waals surface area contributed by atoms with Crippen molar-refractivity contribution in [1.82, 2.24) is 4.90 Å². The molecule has 0 aromatic heterocycles. The van der Waals surface area contributed by atoms with Gasteiger partial charge >= 0.3 is 0 Å². The number of rotatable bonds is 3. The van der Waals surface area contributed by atoms with Crippen molar-refractivity contribution in [3.63, 3.8) is 0 Å². The molecule has 0 saturated carbocycles. The maximum atomic E-state index is 13.5. The molecular weight excluding hydrogens is 290 g/mol. The molecule has 22 heavy (non-hydrogen) atoms. The predicted octanol–water partition coefficient (Wildman–Crippen LogP) is 3.07. The third-order valence-electron chi connectivity index (χ3n) is 3.71. The fraction of sp³-hybridized carbons (Fsp3) is 0.375. The van der Waals surface area contributed by atoms with Crippen LogP contribution < -0.4 is 5.32 Å². The summed E-state index contributed by atoms with van der Waals surface area (Å²) in [6.07, 6.45) is 1.23. The smallest absolute Gasteiger partial charge is 0.265 e. The Balaban J connectivity index is 2.12. The van der Waals surface area contributed by atoms with Crippen LogP contribution in [0.2, 0.25) is 0 Å². The van der Waals surface area contributed by atoms with Crippen LogP contribution in [0.1, 0.15) is 30.1 Å². The molecule has 0 radical (unpaired) electrons. The highest BCUT2D eigenvalue weighted by Gasteiger charge is 2.40. The molecule has 1 heterocycles. The number of likely N-dealkylation sites (tertiary alicyclic amines) is 1. The number of hydrogen-bond acceptors (Lipinski definition) is 2. The standard InChI is InChI=1S/C16H18F2N2O2/c1-3-14(21)19-13-6-4-12(5-7-13)15(22)20-10-16(17,18)9-8-11(20)2/h3-7,11H,1,8-10H2,2H3,(H,19,21). The molecule has 1 aromatic carbocycles. The SMILES string of the molecule is C=CC(=O)Nc1ccc(C(=O)N2CC(F)(F)CCC2C)cc1. The van der Waals surface area contributed by atoms with Gasteiger partial charge in [0.2, 0.25) is 5.91 Å². The highest BCUT2D eigenvalue weighted by molar-refractivity contribution is 5.99. The molecular formula is C16H18F2N2O2. The number of hydrogen-bond donors (Lipinski definition) is 1. The first-order valence-electron chi connectivity index (χ1n) is 7.05. The highest BCUT2D eigenvalue weighted by Crippen LogP contribution is 2.31. The number of benzene rings is 1. The van der Waals surface area contributed by atoms with E-state index in [1.54, 1.807) is 19.1 Å². The van der Waals surface area contributed by atoms with Crippen molar-refractivity contribution >= 4 is 17.5 Å². The van der Waals surface area contributed by atoms with E-state index in [0.29, 0.717) is 11.3 Å². The van der Waals surface area contributed by atoms with Crippen LogP contribution in [0.15, 0.2) is 36.9 Å². The Bertz CT molecular complexity index is 584. The zero-order chi connectivity index (χ0) is 16.3. The fourth-order valence-corrected chi connectivity index (χ4v) is 2.39. The van der Waals surface area contributed by atoms with Crippen LogP contribution in [0.5, 0.6) is 0 Å². The van der Waals surface area contributed by atoms with Crippen LogP contribution >= 0.6 is 0 Å². The minimum atomic E-state index is -2.83. The van der Waals surface area contributed by atoms with E-state index in [1.807, 2.05) is 0 Å². The van der Waals surface area contributed by atoms with E-state index in [0.717, 1.165) is 6.08 Å². The van der Waals surface area contributed by atoms with E-state index < -0.39 is 18.4 Å². The maximum absolute atomic E-state index is 13.5. The van der Waals surface area contributed by atoms with Crippen molar-refractivity contribution in [2.75, 3.05) is 11.9 Å². The number of halogens is 2. The largest absolute Gasteiger partial charge is 0.330 e. The molecule has 1 unspecified atom stereocenters. The Hall–Kier alpha value is -2.24. The van der Waals surface area contributed by atoms with Gasteiger partial charge in [0.25, 0.3) is 11.8 Å². The van der Waals surface area contributed by atoms with E-state index in [1.165, 1.54) is 17.0 Å². The van der Waals surface area contributed by atoms with Gasteiger partial charge in [0, 0.05) is 23.7 Å². The number of carbonyl (C=O) groups excluding carboxylic acids is 2. The van der Waals surface area contributed by atoms with Crippen LogP contribution in [0, 0.1) is 0 Å². The van der Waals surface area contributed by atoms with Crippen molar-refractivity contribution in [1.29, 1.82) is 0 Å². The van der Waals surface area contributed by atoms with E-state index >= 15 is 0 Å². The summed E-state index contributed by atoms with van der Waals surface area (Å²) in [5.74, 6) is -3.61. The number of nitrogens with zero attached hydrogens (tertiary/aromatic N) is 1. The molecule has 1 saturated heterocycles. The second-order valence-corrected chi connectivity index (χ2v) is 5.45. The van der Waals surface area contributed by atoms with Crippen molar-refractivity contribution in [2.24, 2.45) is 0 Å². The summed E-state index contributed by atoms with van der Waals surface area (Å²) in [6.45, 7) is 4.56. The van der Waals surface area contributed by atoms with Gasteiger partial charge in [-0.3, -0.25) is 9.59 Å². The predicted molar refractivity (Wildman–Crippen MR) is 79.9 cm³/mol. The molecule has 0 spiro atoms. The van der Waals surface area contributed by atoms with Gasteiger partial charge in [-0.2, -0.15) is 0 Å². The summed E-state index contributed by atoms with van der Waals surface area (Å²) in [5, 5.41) is 2.56. The van der Waals surface area contributed by atoms with Gasteiger partial charge < -0.3 is 10.2 Å². The Morgan fingerprint density at radius 1 is 1.36 bits per heavy atom. The van der Waals surface area contributed by atoms with Gasteiger partial charge in [0.15, 0.2) is 0 Å². The summed E-state index contributed by atoms with van der Waals surface area (Å²) in [5.41, 5.74) is 0.833. The van der Waals surface area contributed by atoms with Crippen LogP contribution in [-0.4, -0.2) is 35.2 Å². The summed E-state index contributed by atoms with van der Waals surface area (Å²) in [7, 11) is 0. The molecule has 1 fully saturated rings. The lowest BCUT2D eigenvalue weighted by atomic mass is 9.99. The monoisotopic (exact) mass is 308 g/mol. The van der Waals surface area contributed by atoms with E-state index in [9.17, 15) is 18.4 Å². The first-order chi connectivity index (χ1) is 10.3. The van der Waals surface area contributed by atoms with Gasteiger partial charge in [-0.25, -0.2) is 8.78 Å². The molecule has 118 valence electrons. The van der Waals surface area contributed by atoms with Crippen molar-refractivity contribution < 1.29 is 18.4 Å². The van der Waals surface area contributed by atoms with Crippen LogP contribution in [-0.2, 0) is 4.79 Å². The molecule has 1 aliphatic heterocycles. The fourth-order valence-electron chi connectivity index (χ4n) is 2.39. The minimum Gasteiger partial charge on any atom is -0.330 e. The molecule has 6 heteroatoms. The van der Waals surface area contributed by atoms with E-state index in [-0.39, 0.29) is 24.8 Å². The second-order valence-electron chi connectivity index (χ2n) is 5.45. The summed E-state index contributed by atoms with van der Waals surface area (Å²) >= 11 is 0. The highest BCUT2D eigenvalue weighted by atomic mass is 19.3. The molecule has 0 aliphatic carbocycles. The lowest BCUT2D eigenvalue weighted by Gasteiger charge is -2.37. The molecule has 2 amide bonds. The number of nitrogens with one attached hydrogen (secondary N) is 1. The first-order valence-corrected chi connectivity index (χ1v) is 7.05. The Labute approximate surface area is 127 Å². The topological polar surface area (TPSA) is 49.4 Å². The number of carbonyl (C=O) groups is 2. The number of anilines is 1. The molecule has 0 bridgehead atoms. The van der Waals surface area contributed by atoms with Gasteiger partial charge in [-0.15, -0.1) is 0 Å². The average Bonchev–Trinajstić information content (AvgIpc) is 2.49. The number of amides is 2. The quantitative estimate of drug-likeness (QED) is 0.872. The number of piperidine rings is 1. The van der Waals surface area contributed by atoms with Crippen molar-refractivity contribution in [3.05, 3.63) is 42.5 Å². The molecule has 2 rings (SSSR count). The van der Waals surface area contributed by atoms with E-state index in [2.05, 4.69) is 11.9 Å². The van der Waals surface area contributed by atoms with Crippen LogP contribution in [0.4, 0.5) is 14.5 Å². The summed E-state index contributed by atoms with van der Waals surface area (Å²) in [4.78, 5) is 24.8. The normalized spacial score (nSPS) is 20.3. The molecule has 1 atom stereocenters. The second kappa shape index (κ2) is 6.25. The van der Waals surface area contributed by atoms with Crippen LogP contribution in [0.25, 0.3) is 0 Å². The van der Waals surface area contributed by atoms with Crippen molar-refractivity contribution in [3.8, 4) is 0 Å². The molecule has 1 N–H and O–H groups in total. The lowest BCUT2D eigenvalue weighted by molar-refractivity contribution is -0.111. The van der Waals surface area contributed by atoms with Gasteiger partial charge in [0.1, 0.15) is 0 Å². The van der Waals surface area contributed by atoms with Crippen LogP contribution in [0.3, 0.4) is 0 Å². The van der Waals surface area contributed by atoms with Gasteiger partial charge in [-0.1, -0.05) is 6.58 Å². The first kappa shape index (κ1) is 16.1. The van der Waals surface area contributed by atoms with Crippen molar-refractivity contribution in [2.45, 2.75) is 31.7 Å². The zero-order valence-electron chi connectivity index (χ0n) is 12.3. The Morgan fingerprint density at radius 2 is 2.00 bits per heavy atom. The number of alkyl halides is 2. The molecule has 1 aliphatic rings. The maximum Gasteiger partial charge on any atom is 0.265 e.